The molecule has 0 bridgehead atoms. The molecule has 0 aromatic heterocycles. The third kappa shape index (κ3) is 5.13. The number of unbranched alkanes of at least 4 members (excludes halogenated alkanes) is 1. The van der Waals surface area contributed by atoms with Crippen molar-refractivity contribution in [3.8, 4) is 0 Å². The van der Waals surface area contributed by atoms with Gasteiger partial charge >= 0.3 is 0 Å². The number of nitrogens with one attached hydrogen (secondary N) is 1. The van der Waals surface area contributed by atoms with Gasteiger partial charge in [0.15, 0.2) is 0 Å². The fourth-order valence-corrected chi connectivity index (χ4v) is 3.17. The summed E-state index contributed by atoms with van der Waals surface area (Å²) in [7, 11) is 2.00. The van der Waals surface area contributed by atoms with Crippen LogP contribution in [0.15, 0.2) is 24.3 Å². The van der Waals surface area contributed by atoms with Crippen LogP contribution >= 0.6 is 0 Å². The van der Waals surface area contributed by atoms with Gasteiger partial charge in [-0.25, -0.2) is 0 Å². The van der Waals surface area contributed by atoms with Crippen molar-refractivity contribution in [2.45, 2.75) is 45.4 Å². The Morgan fingerprint density at radius 1 is 1.18 bits per heavy atom. The second-order valence-corrected chi connectivity index (χ2v) is 6.48. The lowest BCUT2D eigenvalue weighted by Crippen LogP contribution is -2.41. The van der Waals surface area contributed by atoms with Gasteiger partial charge in [-0.15, -0.1) is 0 Å². The molecule has 0 aliphatic carbocycles. The van der Waals surface area contributed by atoms with E-state index in [2.05, 4.69) is 36.5 Å². The van der Waals surface area contributed by atoms with Crippen LogP contribution in [0.2, 0.25) is 0 Å². The molecule has 0 radical (unpaired) electrons. The minimum absolute atomic E-state index is 0.282. The summed E-state index contributed by atoms with van der Waals surface area (Å²) in [4.78, 5) is 14.4. The number of carbonyl (C=O) groups excluding carboxylic acids is 1. The molecule has 2 rings (SSSR count). The number of amides is 1. The molecule has 1 N–H and O–H groups in total. The Balaban J connectivity index is 1.79. The molecule has 0 spiro atoms. The first-order valence-electron chi connectivity index (χ1n) is 8.73. The van der Waals surface area contributed by atoms with Crippen molar-refractivity contribution >= 4 is 5.91 Å². The second kappa shape index (κ2) is 8.94. The topological polar surface area (TPSA) is 32.3 Å². The average Bonchev–Trinajstić information content (AvgIpc) is 2.55. The molecule has 3 nitrogen and oxygen atoms in total. The first-order chi connectivity index (χ1) is 10.7. The number of hydrogen-bond acceptors (Lipinski definition) is 2. The Labute approximate surface area is 135 Å². The lowest BCUT2D eigenvalue weighted by atomic mass is 9.96. The van der Waals surface area contributed by atoms with Crippen LogP contribution in [-0.4, -0.2) is 37.5 Å². The highest BCUT2D eigenvalue weighted by Gasteiger charge is 2.22. The number of benzene rings is 1. The summed E-state index contributed by atoms with van der Waals surface area (Å²) < 4.78 is 0. The van der Waals surface area contributed by atoms with E-state index in [-0.39, 0.29) is 5.91 Å². The van der Waals surface area contributed by atoms with Gasteiger partial charge in [0.2, 0.25) is 5.91 Å². The summed E-state index contributed by atoms with van der Waals surface area (Å²) in [5.41, 5.74) is 2.52. The minimum Gasteiger partial charge on any atom is -0.342 e. The molecular weight excluding hydrogens is 272 g/mol. The number of hydrogen-bond donors (Lipinski definition) is 1. The number of nitrogens with zero attached hydrogens (tertiary/aromatic N) is 1. The molecule has 1 amide bonds. The van der Waals surface area contributed by atoms with Crippen molar-refractivity contribution < 1.29 is 4.79 Å². The van der Waals surface area contributed by atoms with Crippen LogP contribution in [0.5, 0.6) is 0 Å². The molecule has 0 unspecified atom stereocenters. The number of likely N-dealkylation sites (tertiary alicyclic amines) is 1. The van der Waals surface area contributed by atoms with E-state index in [0.29, 0.717) is 6.42 Å². The molecule has 1 aromatic carbocycles. The maximum absolute atomic E-state index is 12.4. The number of aryl methyl sites for hydroxylation is 1. The van der Waals surface area contributed by atoms with E-state index in [4.69, 9.17) is 0 Å². The summed E-state index contributed by atoms with van der Waals surface area (Å²) in [6.45, 7) is 5.12. The summed E-state index contributed by atoms with van der Waals surface area (Å²) in [6.07, 6.45) is 6.41. The molecule has 122 valence electrons. The fourth-order valence-electron chi connectivity index (χ4n) is 3.17. The van der Waals surface area contributed by atoms with E-state index < -0.39 is 0 Å². The highest BCUT2D eigenvalue weighted by atomic mass is 16.2. The monoisotopic (exact) mass is 302 g/mol. The summed E-state index contributed by atoms with van der Waals surface area (Å²) in [6, 6.07) is 8.60. The second-order valence-electron chi connectivity index (χ2n) is 6.48. The smallest absolute Gasteiger partial charge is 0.226 e. The van der Waals surface area contributed by atoms with Crippen LogP contribution in [0.4, 0.5) is 0 Å². The van der Waals surface area contributed by atoms with Gasteiger partial charge in [-0.2, -0.15) is 0 Å². The number of rotatable bonds is 7. The van der Waals surface area contributed by atoms with Crippen molar-refractivity contribution in [1.29, 1.82) is 0 Å². The normalized spacial score (nSPS) is 16.0. The van der Waals surface area contributed by atoms with Gasteiger partial charge in [-0.3, -0.25) is 4.79 Å². The Morgan fingerprint density at radius 2 is 1.82 bits per heavy atom. The fraction of sp³-hybridized carbons (Fsp3) is 0.632. The van der Waals surface area contributed by atoms with Gasteiger partial charge < -0.3 is 10.2 Å². The number of carbonyl (C=O) groups is 1. The van der Waals surface area contributed by atoms with E-state index in [1.807, 2.05) is 11.9 Å². The molecule has 1 aliphatic heterocycles. The largest absolute Gasteiger partial charge is 0.342 e. The van der Waals surface area contributed by atoms with E-state index >= 15 is 0 Å². The van der Waals surface area contributed by atoms with Crippen molar-refractivity contribution in [2.75, 3.05) is 26.7 Å². The summed E-state index contributed by atoms with van der Waals surface area (Å²) >= 11 is 0. The summed E-state index contributed by atoms with van der Waals surface area (Å²) in [5, 5.41) is 3.24. The molecule has 1 fully saturated rings. The van der Waals surface area contributed by atoms with Gasteiger partial charge in [0.05, 0.1) is 6.42 Å². The lowest BCUT2D eigenvalue weighted by Gasteiger charge is -2.32. The molecule has 0 atom stereocenters. The molecule has 3 heteroatoms. The van der Waals surface area contributed by atoms with E-state index in [1.54, 1.807) is 0 Å². The molecule has 22 heavy (non-hydrogen) atoms. The van der Waals surface area contributed by atoms with Crippen molar-refractivity contribution in [2.24, 2.45) is 5.92 Å². The van der Waals surface area contributed by atoms with Crippen LogP contribution in [-0.2, 0) is 17.6 Å². The molecular formula is C19H30N2O. The van der Waals surface area contributed by atoms with Crippen LogP contribution in [0.3, 0.4) is 0 Å². The van der Waals surface area contributed by atoms with E-state index in [9.17, 15) is 4.79 Å². The van der Waals surface area contributed by atoms with Gasteiger partial charge in [-0.1, -0.05) is 37.6 Å². The Hall–Kier alpha value is -1.35. The maximum Gasteiger partial charge on any atom is 0.226 e. The SMILES string of the molecule is CCCCc1ccc(CC(=O)N2CCC(CNC)CC2)cc1. The van der Waals surface area contributed by atoms with Gasteiger partial charge in [-0.05, 0) is 56.3 Å². The Bertz CT molecular complexity index is 447. The average molecular weight is 302 g/mol. The molecule has 0 saturated carbocycles. The van der Waals surface area contributed by atoms with Crippen molar-refractivity contribution in [3.63, 3.8) is 0 Å². The van der Waals surface area contributed by atoms with Crippen LogP contribution < -0.4 is 5.32 Å². The third-order valence-electron chi connectivity index (χ3n) is 4.66. The zero-order valence-corrected chi connectivity index (χ0v) is 14.1. The van der Waals surface area contributed by atoms with E-state index in [1.165, 1.54) is 18.4 Å². The minimum atomic E-state index is 0.282. The molecule has 1 aliphatic rings. The molecule has 1 aromatic rings. The van der Waals surface area contributed by atoms with Gasteiger partial charge in [0, 0.05) is 13.1 Å². The predicted molar refractivity (Wildman–Crippen MR) is 92.0 cm³/mol. The molecule has 1 heterocycles. The standard InChI is InChI=1S/C19H30N2O/c1-3-4-5-16-6-8-17(9-7-16)14-19(22)21-12-10-18(11-13-21)15-20-2/h6-9,18,20H,3-5,10-15H2,1-2H3. The third-order valence-corrected chi connectivity index (χ3v) is 4.66. The Morgan fingerprint density at radius 3 is 2.41 bits per heavy atom. The predicted octanol–water partition coefficient (Wildman–Crippen LogP) is 3.03. The van der Waals surface area contributed by atoms with Crippen molar-refractivity contribution in [3.05, 3.63) is 35.4 Å². The highest BCUT2D eigenvalue weighted by molar-refractivity contribution is 5.78. The highest BCUT2D eigenvalue weighted by Crippen LogP contribution is 2.17. The maximum atomic E-state index is 12.4. The summed E-state index contributed by atoms with van der Waals surface area (Å²) in [5.74, 6) is 1.01. The first kappa shape index (κ1) is 17.0. The first-order valence-corrected chi connectivity index (χ1v) is 8.73. The van der Waals surface area contributed by atoms with Crippen LogP contribution in [0.25, 0.3) is 0 Å². The van der Waals surface area contributed by atoms with Gasteiger partial charge in [0.1, 0.15) is 0 Å². The molecule has 1 saturated heterocycles. The van der Waals surface area contributed by atoms with E-state index in [0.717, 1.165) is 50.4 Å². The van der Waals surface area contributed by atoms with Crippen LogP contribution in [0, 0.1) is 5.92 Å². The lowest BCUT2D eigenvalue weighted by molar-refractivity contribution is -0.131. The van der Waals surface area contributed by atoms with Gasteiger partial charge in [0.25, 0.3) is 0 Å². The van der Waals surface area contributed by atoms with Crippen molar-refractivity contribution in [1.82, 2.24) is 10.2 Å². The zero-order valence-electron chi connectivity index (χ0n) is 14.1. The quantitative estimate of drug-likeness (QED) is 0.839. The number of piperidine rings is 1. The Kier molecular flexibility index (Phi) is 6.91. The zero-order chi connectivity index (χ0) is 15.8. The van der Waals surface area contributed by atoms with Crippen LogP contribution in [0.1, 0.15) is 43.7 Å².